The van der Waals surface area contributed by atoms with E-state index in [0.29, 0.717) is 13.0 Å². The van der Waals surface area contributed by atoms with Gasteiger partial charge in [-0.15, -0.1) is 6.58 Å². The smallest absolute Gasteiger partial charge is 0.0807 e. The van der Waals surface area contributed by atoms with Gasteiger partial charge in [-0.05, 0) is 12.8 Å². The second-order valence-corrected chi connectivity index (χ2v) is 2.61. The second-order valence-electron chi connectivity index (χ2n) is 2.61. The Morgan fingerprint density at radius 2 is 2.36 bits per heavy atom. The third kappa shape index (κ3) is 7.56. The van der Waals surface area contributed by atoms with Crippen molar-refractivity contribution in [1.29, 1.82) is 0 Å². The van der Waals surface area contributed by atoms with Gasteiger partial charge in [0.2, 0.25) is 0 Å². The molecule has 66 valence electrons. The SMILES string of the molecule is C=CC[C@H](O)COCCCC. The lowest BCUT2D eigenvalue weighted by molar-refractivity contribution is 0.0373. The fourth-order valence-electron chi connectivity index (χ4n) is 0.726. The van der Waals surface area contributed by atoms with Crippen LogP contribution in [-0.4, -0.2) is 24.4 Å². The van der Waals surface area contributed by atoms with Gasteiger partial charge in [-0.1, -0.05) is 19.4 Å². The lowest BCUT2D eigenvalue weighted by Gasteiger charge is -2.07. The van der Waals surface area contributed by atoms with Gasteiger partial charge in [0.05, 0.1) is 12.7 Å². The summed E-state index contributed by atoms with van der Waals surface area (Å²) in [6.45, 7) is 6.84. The Balaban J connectivity index is 3.03. The van der Waals surface area contributed by atoms with Crippen LogP contribution < -0.4 is 0 Å². The molecule has 0 amide bonds. The van der Waals surface area contributed by atoms with Crippen LogP contribution in [0.2, 0.25) is 0 Å². The predicted molar refractivity (Wildman–Crippen MR) is 46.5 cm³/mol. The van der Waals surface area contributed by atoms with Crippen LogP contribution in [0.5, 0.6) is 0 Å². The van der Waals surface area contributed by atoms with Gasteiger partial charge in [-0.25, -0.2) is 0 Å². The van der Waals surface area contributed by atoms with Crippen molar-refractivity contribution in [2.24, 2.45) is 0 Å². The molecule has 0 saturated heterocycles. The van der Waals surface area contributed by atoms with Gasteiger partial charge in [0, 0.05) is 6.61 Å². The number of ether oxygens (including phenoxy) is 1. The fraction of sp³-hybridized carbons (Fsp3) is 0.778. The first-order valence-electron chi connectivity index (χ1n) is 4.18. The van der Waals surface area contributed by atoms with E-state index in [4.69, 9.17) is 9.84 Å². The molecule has 11 heavy (non-hydrogen) atoms. The van der Waals surface area contributed by atoms with E-state index in [1.54, 1.807) is 6.08 Å². The minimum Gasteiger partial charge on any atom is -0.390 e. The lowest BCUT2D eigenvalue weighted by Crippen LogP contribution is -2.14. The number of hydrogen-bond donors (Lipinski definition) is 1. The molecular formula is C9H18O2. The highest BCUT2D eigenvalue weighted by Gasteiger charge is 1.99. The van der Waals surface area contributed by atoms with Crippen molar-refractivity contribution in [2.75, 3.05) is 13.2 Å². The zero-order valence-corrected chi connectivity index (χ0v) is 7.25. The summed E-state index contributed by atoms with van der Waals surface area (Å²) in [4.78, 5) is 0. The topological polar surface area (TPSA) is 29.5 Å². The van der Waals surface area contributed by atoms with Crippen LogP contribution in [0.15, 0.2) is 12.7 Å². The van der Waals surface area contributed by atoms with Gasteiger partial charge >= 0.3 is 0 Å². The molecule has 0 spiro atoms. The van der Waals surface area contributed by atoms with Crippen LogP contribution in [-0.2, 0) is 4.74 Å². The Hall–Kier alpha value is -0.340. The highest BCUT2D eigenvalue weighted by atomic mass is 16.5. The molecule has 0 bridgehead atoms. The third-order valence-corrected chi connectivity index (χ3v) is 1.39. The second kappa shape index (κ2) is 7.76. The van der Waals surface area contributed by atoms with Crippen molar-refractivity contribution in [3.05, 3.63) is 12.7 Å². The summed E-state index contributed by atoms with van der Waals surface area (Å²) in [5.41, 5.74) is 0. The van der Waals surface area contributed by atoms with Crippen molar-refractivity contribution in [3.63, 3.8) is 0 Å². The molecule has 1 N–H and O–H groups in total. The van der Waals surface area contributed by atoms with Gasteiger partial charge < -0.3 is 9.84 Å². The first-order chi connectivity index (χ1) is 5.31. The minimum atomic E-state index is -0.371. The molecule has 0 saturated carbocycles. The minimum absolute atomic E-state index is 0.371. The maximum Gasteiger partial charge on any atom is 0.0807 e. The number of unbranched alkanes of at least 4 members (excludes halogenated alkanes) is 1. The molecule has 0 aliphatic heterocycles. The van der Waals surface area contributed by atoms with Crippen molar-refractivity contribution in [3.8, 4) is 0 Å². The van der Waals surface area contributed by atoms with Crippen molar-refractivity contribution in [2.45, 2.75) is 32.3 Å². The summed E-state index contributed by atoms with van der Waals surface area (Å²) in [7, 11) is 0. The molecule has 0 aliphatic rings. The number of hydrogen-bond acceptors (Lipinski definition) is 2. The Morgan fingerprint density at radius 1 is 1.64 bits per heavy atom. The highest BCUT2D eigenvalue weighted by molar-refractivity contribution is 4.71. The van der Waals surface area contributed by atoms with E-state index in [1.165, 1.54) is 0 Å². The average Bonchev–Trinajstić information content (AvgIpc) is 1.99. The summed E-state index contributed by atoms with van der Waals surface area (Å²) >= 11 is 0. The summed E-state index contributed by atoms with van der Waals surface area (Å²) < 4.78 is 5.19. The molecule has 0 rings (SSSR count). The van der Waals surface area contributed by atoms with Crippen molar-refractivity contribution >= 4 is 0 Å². The first-order valence-corrected chi connectivity index (χ1v) is 4.18. The fourth-order valence-corrected chi connectivity index (χ4v) is 0.726. The third-order valence-electron chi connectivity index (χ3n) is 1.39. The van der Waals surface area contributed by atoms with Crippen LogP contribution in [0.3, 0.4) is 0 Å². The molecule has 2 nitrogen and oxygen atoms in total. The van der Waals surface area contributed by atoms with Crippen LogP contribution >= 0.6 is 0 Å². The molecule has 1 atom stereocenters. The summed E-state index contributed by atoms with van der Waals surface area (Å²) in [6.07, 6.45) is 4.16. The van der Waals surface area contributed by atoms with Crippen molar-refractivity contribution in [1.82, 2.24) is 0 Å². The molecule has 0 aliphatic carbocycles. The maximum absolute atomic E-state index is 9.15. The zero-order valence-electron chi connectivity index (χ0n) is 7.25. The Morgan fingerprint density at radius 3 is 2.91 bits per heavy atom. The molecule has 0 radical (unpaired) electrons. The highest BCUT2D eigenvalue weighted by Crippen LogP contribution is 1.94. The van der Waals surface area contributed by atoms with Crippen LogP contribution in [0, 0.1) is 0 Å². The predicted octanol–water partition coefficient (Wildman–Crippen LogP) is 1.74. The molecule has 0 aromatic rings. The van der Waals surface area contributed by atoms with Crippen LogP contribution in [0.25, 0.3) is 0 Å². The maximum atomic E-state index is 9.15. The summed E-state index contributed by atoms with van der Waals surface area (Å²) in [5, 5.41) is 9.15. The van der Waals surface area contributed by atoms with Gasteiger partial charge in [-0.3, -0.25) is 0 Å². The molecule has 2 heteroatoms. The molecule has 0 fully saturated rings. The first kappa shape index (κ1) is 10.7. The Kier molecular flexibility index (Phi) is 7.52. The molecular weight excluding hydrogens is 140 g/mol. The van der Waals surface area contributed by atoms with E-state index >= 15 is 0 Å². The zero-order chi connectivity index (χ0) is 8.53. The van der Waals surface area contributed by atoms with Crippen LogP contribution in [0.4, 0.5) is 0 Å². The van der Waals surface area contributed by atoms with Gasteiger partial charge in [0.1, 0.15) is 0 Å². The van der Waals surface area contributed by atoms with Crippen LogP contribution in [0.1, 0.15) is 26.2 Å². The number of aliphatic hydroxyl groups excluding tert-OH is 1. The summed E-state index contributed by atoms with van der Waals surface area (Å²) in [5.74, 6) is 0. The van der Waals surface area contributed by atoms with E-state index < -0.39 is 0 Å². The average molecular weight is 158 g/mol. The number of aliphatic hydroxyl groups is 1. The normalized spacial score (nSPS) is 12.9. The van der Waals surface area contributed by atoms with E-state index in [-0.39, 0.29) is 6.10 Å². The molecule has 0 unspecified atom stereocenters. The largest absolute Gasteiger partial charge is 0.390 e. The molecule has 0 aromatic heterocycles. The summed E-state index contributed by atoms with van der Waals surface area (Å²) in [6, 6.07) is 0. The quantitative estimate of drug-likeness (QED) is 0.451. The van der Waals surface area contributed by atoms with E-state index in [0.717, 1.165) is 19.4 Å². The molecule has 0 heterocycles. The monoisotopic (exact) mass is 158 g/mol. The molecule has 0 aromatic carbocycles. The van der Waals surface area contributed by atoms with Crippen molar-refractivity contribution < 1.29 is 9.84 Å². The van der Waals surface area contributed by atoms with E-state index in [9.17, 15) is 0 Å². The van der Waals surface area contributed by atoms with Gasteiger partial charge in [0.15, 0.2) is 0 Å². The Labute approximate surface area is 68.9 Å². The van der Waals surface area contributed by atoms with E-state index in [1.807, 2.05) is 0 Å². The van der Waals surface area contributed by atoms with Gasteiger partial charge in [-0.2, -0.15) is 0 Å². The van der Waals surface area contributed by atoms with Gasteiger partial charge in [0.25, 0.3) is 0 Å². The standard InChI is InChI=1S/C9H18O2/c1-3-5-7-11-8-9(10)6-4-2/h4,9-10H,2-3,5-8H2,1H3/t9-/m0/s1. The Bertz CT molecular complexity index is 91.6. The number of rotatable bonds is 7. The van der Waals surface area contributed by atoms with E-state index in [2.05, 4.69) is 13.5 Å². The lowest BCUT2D eigenvalue weighted by atomic mass is 10.3.